The molecule has 0 unspecified atom stereocenters. The number of carboxylic acids is 1. The molecule has 3 aromatic rings. The summed E-state index contributed by atoms with van der Waals surface area (Å²) < 4.78 is 0. The second-order valence-electron chi connectivity index (χ2n) is 10.0. The van der Waals surface area contributed by atoms with Gasteiger partial charge in [0.15, 0.2) is 12.3 Å². The lowest BCUT2D eigenvalue weighted by atomic mass is 10.1. The van der Waals surface area contributed by atoms with E-state index in [4.69, 9.17) is 20.0 Å². The Kier molecular flexibility index (Phi) is 6.54. The molecule has 3 aliphatic rings. The van der Waals surface area contributed by atoms with Crippen molar-refractivity contribution in [2.45, 2.75) is 31.3 Å². The zero-order valence-corrected chi connectivity index (χ0v) is 21.8. The number of carbonyl (C=O) groups excluding carboxylic acids is 2. The molecular weight excluding hydrogens is 510 g/mol. The molecule has 3 aliphatic heterocycles. The van der Waals surface area contributed by atoms with Gasteiger partial charge in [-0.1, -0.05) is 24.3 Å². The Bertz CT molecular complexity index is 1630. The van der Waals surface area contributed by atoms with Gasteiger partial charge in [-0.2, -0.15) is 0 Å². The van der Waals surface area contributed by atoms with E-state index in [2.05, 4.69) is 5.32 Å². The molecule has 1 atom stereocenters. The van der Waals surface area contributed by atoms with Crippen LogP contribution in [0.15, 0.2) is 86.7 Å². The van der Waals surface area contributed by atoms with Crippen molar-refractivity contribution in [1.29, 1.82) is 0 Å². The smallest absolute Gasteiger partial charge is 0.305 e. The first kappa shape index (κ1) is 25.4. The lowest BCUT2D eigenvalue weighted by molar-refractivity contribution is -0.141. The van der Waals surface area contributed by atoms with Gasteiger partial charge in [0.1, 0.15) is 6.04 Å². The van der Waals surface area contributed by atoms with Gasteiger partial charge >= 0.3 is 5.97 Å². The van der Waals surface area contributed by atoms with Crippen molar-refractivity contribution in [3.8, 4) is 0 Å². The molecular formula is C29H27N7O4. The number of anilines is 1. The van der Waals surface area contributed by atoms with Crippen LogP contribution in [0.4, 0.5) is 5.69 Å². The number of benzene rings is 3. The molecule has 6 rings (SSSR count). The SMILES string of the molecule is CN1Cc2cc(C(=O)N(CC3N=c4ccccc4=N3)CC3N=c4ccccc4=N3)ccc2N[C@@H](CC(=O)O)C1=O. The minimum Gasteiger partial charge on any atom is -0.481 e. The van der Waals surface area contributed by atoms with Crippen molar-refractivity contribution >= 4 is 23.5 Å². The standard InChI is InChI=1S/C29H27N7O4/c1-35-14-18-12-17(10-11-19(18)30-24(29(35)40)13-27(37)38)28(39)36(15-25-31-20-6-2-3-7-21(20)32-25)16-26-33-22-8-4-5-9-23(22)34-26/h2-12,24-26,30H,13-16H2,1H3,(H,37,38)/t24-/m0/s1. The molecule has 2 N–H and O–H groups in total. The monoisotopic (exact) mass is 537 g/mol. The molecule has 0 saturated carbocycles. The lowest BCUT2D eigenvalue weighted by Crippen LogP contribution is -2.40. The maximum Gasteiger partial charge on any atom is 0.305 e. The Morgan fingerprint density at radius 3 is 1.93 bits per heavy atom. The fourth-order valence-electron chi connectivity index (χ4n) is 5.21. The highest BCUT2D eigenvalue weighted by atomic mass is 16.4. The number of para-hydroxylation sites is 4. The van der Waals surface area contributed by atoms with Gasteiger partial charge in [0.05, 0.1) is 40.9 Å². The number of nitrogens with one attached hydrogen (secondary N) is 1. The number of hydrogen-bond donors (Lipinski definition) is 2. The summed E-state index contributed by atoms with van der Waals surface area (Å²) in [5.74, 6) is -1.62. The van der Waals surface area contributed by atoms with Crippen molar-refractivity contribution in [3.63, 3.8) is 0 Å². The molecule has 3 aromatic carbocycles. The summed E-state index contributed by atoms with van der Waals surface area (Å²) in [5.41, 5.74) is 1.78. The van der Waals surface area contributed by atoms with Gasteiger partial charge in [-0.25, -0.2) is 0 Å². The number of likely N-dealkylation sites (N-methyl/N-ethyl adjacent to an activating group) is 1. The maximum absolute atomic E-state index is 14.0. The Balaban J connectivity index is 1.29. The highest BCUT2D eigenvalue weighted by Gasteiger charge is 2.30. The van der Waals surface area contributed by atoms with Crippen molar-refractivity contribution in [2.75, 3.05) is 25.5 Å². The van der Waals surface area contributed by atoms with E-state index in [-0.39, 0.29) is 37.9 Å². The number of carbonyl (C=O) groups is 3. The molecule has 0 bridgehead atoms. The van der Waals surface area contributed by atoms with E-state index >= 15 is 0 Å². The summed E-state index contributed by atoms with van der Waals surface area (Å²) in [6.07, 6.45) is -1.24. The van der Waals surface area contributed by atoms with E-state index in [1.165, 1.54) is 4.90 Å². The van der Waals surface area contributed by atoms with Gasteiger partial charge in [-0.15, -0.1) is 0 Å². The van der Waals surface area contributed by atoms with E-state index in [1.54, 1.807) is 30.1 Å². The molecule has 40 heavy (non-hydrogen) atoms. The average Bonchev–Trinajstić information content (AvgIpc) is 3.52. The van der Waals surface area contributed by atoms with Gasteiger partial charge in [-0.3, -0.25) is 34.4 Å². The number of fused-ring (bicyclic) bond motifs is 3. The van der Waals surface area contributed by atoms with Crippen LogP contribution in [0.2, 0.25) is 0 Å². The van der Waals surface area contributed by atoms with Gasteiger partial charge in [0.2, 0.25) is 5.91 Å². The van der Waals surface area contributed by atoms with Crippen LogP contribution in [-0.4, -0.2) is 71.2 Å². The van der Waals surface area contributed by atoms with Gasteiger partial charge in [0, 0.05) is 24.8 Å². The van der Waals surface area contributed by atoms with Crippen LogP contribution in [0.1, 0.15) is 22.3 Å². The molecule has 2 amide bonds. The summed E-state index contributed by atoms with van der Waals surface area (Å²) in [6.45, 7) is 0.739. The highest BCUT2D eigenvalue weighted by molar-refractivity contribution is 5.96. The van der Waals surface area contributed by atoms with Crippen LogP contribution in [-0.2, 0) is 16.1 Å². The predicted molar refractivity (Wildman–Crippen MR) is 144 cm³/mol. The first-order valence-corrected chi connectivity index (χ1v) is 13.0. The average molecular weight is 538 g/mol. The third-order valence-electron chi connectivity index (χ3n) is 7.11. The molecule has 11 heteroatoms. The Labute approximate surface area is 228 Å². The molecule has 0 aromatic heterocycles. The normalized spacial score (nSPS) is 17.7. The summed E-state index contributed by atoms with van der Waals surface area (Å²) in [7, 11) is 1.62. The first-order valence-electron chi connectivity index (χ1n) is 13.0. The Morgan fingerprint density at radius 1 is 0.900 bits per heavy atom. The minimum absolute atomic E-state index is 0.231. The summed E-state index contributed by atoms with van der Waals surface area (Å²) >= 11 is 0. The molecule has 0 saturated heterocycles. The second-order valence-corrected chi connectivity index (χ2v) is 10.0. The van der Waals surface area contributed by atoms with Gasteiger partial charge in [-0.05, 0) is 48.0 Å². The third-order valence-corrected chi connectivity index (χ3v) is 7.11. The number of amides is 2. The van der Waals surface area contributed by atoms with E-state index in [0.29, 0.717) is 11.3 Å². The number of nitrogens with zero attached hydrogens (tertiary/aromatic N) is 6. The molecule has 0 radical (unpaired) electrons. The number of carboxylic acid groups (broad SMARTS) is 1. The molecule has 0 fully saturated rings. The fraction of sp³-hybridized carbons (Fsp3) is 0.276. The molecule has 3 heterocycles. The molecule has 11 nitrogen and oxygen atoms in total. The van der Waals surface area contributed by atoms with E-state index in [1.807, 2.05) is 48.5 Å². The van der Waals surface area contributed by atoms with Crippen molar-refractivity contribution in [2.24, 2.45) is 20.0 Å². The largest absolute Gasteiger partial charge is 0.481 e. The van der Waals surface area contributed by atoms with Crippen LogP contribution in [0, 0.1) is 0 Å². The zero-order chi connectivity index (χ0) is 27.8. The predicted octanol–water partition coefficient (Wildman–Crippen LogP) is -0.0858. The van der Waals surface area contributed by atoms with Crippen LogP contribution in [0.25, 0.3) is 0 Å². The maximum atomic E-state index is 14.0. The highest BCUT2D eigenvalue weighted by Crippen LogP contribution is 2.25. The number of rotatable bonds is 7. The van der Waals surface area contributed by atoms with Crippen molar-refractivity contribution in [1.82, 2.24) is 9.80 Å². The quantitative estimate of drug-likeness (QED) is 0.434. The lowest BCUT2D eigenvalue weighted by Gasteiger charge is -2.25. The number of aliphatic carboxylic acids is 1. The van der Waals surface area contributed by atoms with Crippen LogP contribution in [0.5, 0.6) is 0 Å². The van der Waals surface area contributed by atoms with Gasteiger partial charge in [0.25, 0.3) is 5.91 Å². The first-order chi connectivity index (χ1) is 19.3. The fourth-order valence-corrected chi connectivity index (χ4v) is 5.21. The second kappa shape index (κ2) is 10.3. The van der Waals surface area contributed by atoms with E-state index in [0.717, 1.165) is 27.0 Å². The zero-order valence-electron chi connectivity index (χ0n) is 21.8. The van der Waals surface area contributed by atoms with Crippen molar-refractivity contribution < 1.29 is 19.5 Å². The van der Waals surface area contributed by atoms with Crippen LogP contribution in [0.3, 0.4) is 0 Å². The number of hydrogen-bond acceptors (Lipinski definition) is 8. The summed E-state index contributed by atoms with van der Waals surface area (Å²) in [4.78, 5) is 59.9. The van der Waals surface area contributed by atoms with Crippen molar-refractivity contribution in [3.05, 3.63) is 99.3 Å². The van der Waals surface area contributed by atoms with Crippen LogP contribution < -0.4 is 26.7 Å². The summed E-state index contributed by atoms with van der Waals surface area (Å²) in [5, 5.41) is 15.5. The molecule has 202 valence electrons. The Hall–Kier alpha value is -4.93. The molecule has 0 aliphatic carbocycles. The van der Waals surface area contributed by atoms with E-state index in [9.17, 15) is 19.5 Å². The topological polar surface area (TPSA) is 139 Å². The third kappa shape index (κ3) is 5.05. The Morgan fingerprint density at radius 2 is 1.43 bits per heavy atom. The molecule has 0 spiro atoms. The van der Waals surface area contributed by atoms with E-state index < -0.39 is 24.3 Å². The van der Waals surface area contributed by atoms with Gasteiger partial charge < -0.3 is 20.2 Å². The van der Waals surface area contributed by atoms with Crippen LogP contribution >= 0.6 is 0 Å². The minimum atomic E-state index is -1.07. The summed E-state index contributed by atoms with van der Waals surface area (Å²) in [6, 6.07) is 19.5.